The first-order valence-electron chi connectivity index (χ1n) is 5.17. The number of rotatable bonds is 3. The summed E-state index contributed by atoms with van der Waals surface area (Å²) in [6.45, 7) is 9.48. The minimum atomic E-state index is 0.247. The summed E-state index contributed by atoms with van der Waals surface area (Å²) < 4.78 is 0. The number of hydrogen-bond donors (Lipinski definition) is 2. The summed E-state index contributed by atoms with van der Waals surface area (Å²) in [7, 11) is 1.86. The van der Waals surface area contributed by atoms with E-state index in [2.05, 4.69) is 41.4 Å². The van der Waals surface area contributed by atoms with Crippen LogP contribution in [0.25, 0.3) is 0 Å². The van der Waals surface area contributed by atoms with Gasteiger partial charge in [-0.15, -0.1) is 0 Å². The Kier molecular flexibility index (Phi) is 3.50. The van der Waals surface area contributed by atoms with E-state index in [-0.39, 0.29) is 5.41 Å². The SMILES string of the molecule is CNc1ncnc(NCC(C)(C)C)c1C. The maximum absolute atomic E-state index is 4.23. The molecule has 1 heterocycles. The third-order valence-corrected chi connectivity index (χ3v) is 2.11. The first-order chi connectivity index (χ1) is 6.94. The highest BCUT2D eigenvalue weighted by atomic mass is 15.1. The van der Waals surface area contributed by atoms with E-state index in [0.29, 0.717) is 0 Å². The number of aromatic nitrogens is 2. The Balaban J connectivity index is 2.78. The van der Waals surface area contributed by atoms with Crippen LogP contribution in [0, 0.1) is 12.3 Å². The third-order valence-electron chi connectivity index (χ3n) is 2.11. The molecule has 0 unspecified atom stereocenters. The van der Waals surface area contributed by atoms with Crippen molar-refractivity contribution in [3.8, 4) is 0 Å². The van der Waals surface area contributed by atoms with Gasteiger partial charge in [0.05, 0.1) is 0 Å². The fourth-order valence-corrected chi connectivity index (χ4v) is 1.23. The molecule has 1 aromatic heterocycles. The van der Waals surface area contributed by atoms with E-state index >= 15 is 0 Å². The van der Waals surface area contributed by atoms with Gasteiger partial charge in [0.25, 0.3) is 0 Å². The van der Waals surface area contributed by atoms with Crippen LogP contribution in [0.3, 0.4) is 0 Å². The molecule has 0 aliphatic carbocycles. The molecule has 0 bridgehead atoms. The maximum atomic E-state index is 4.23. The van der Waals surface area contributed by atoms with Gasteiger partial charge >= 0.3 is 0 Å². The maximum Gasteiger partial charge on any atom is 0.134 e. The van der Waals surface area contributed by atoms with Crippen LogP contribution in [0.15, 0.2) is 6.33 Å². The lowest BCUT2D eigenvalue weighted by atomic mass is 9.97. The Labute approximate surface area is 91.5 Å². The van der Waals surface area contributed by atoms with Crippen molar-refractivity contribution in [2.45, 2.75) is 27.7 Å². The molecule has 1 rings (SSSR count). The quantitative estimate of drug-likeness (QED) is 0.800. The summed E-state index contributed by atoms with van der Waals surface area (Å²) in [6, 6.07) is 0. The van der Waals surface area contributed by atoms with Gasteiger partial charge in [0.1, 0.15) is 18.0 Å². The Morgan fingerprint density at radius 1 is 1.20 bits per heavy atom. The topological polar surface area (TPSA) is 49.8 Å². The van der Waals surface area contributed by atoms with Crippen LogP contribution >= 0.6 is 0 Å². The van der Waals surface area contributed by atoms with E-state index in [1.54, 1.807) is 6.33 Å². The average molecular weight is 208 g/mol. The van der Waals surface area contributed by atoms with Gasteiger partial charge in [0.2, 0.25) is 0 Å². The molecule has 1 aromatic rings. The molecule has 2 N–H and O–H groups in total. The monoisotopic (exact) mass is 208 g/mol. The molecule has 0 saturated heterocycles. The molecule has 84 valence electrons. The fraction of sp³-hybridized carbons (Fsp3) is 0.636. The number of anilines is 2. The minimum absolute atomic E-state index is 0.247. The van der Waals surface area contributed by atoms with E-state index < -0.39 is 0 Å². The van der Waals surface area contributed by atoms with Gasteiger partial charge in [-0.2, -0.15) is 0 Å². The molecule has 0 fully saturated rings. The van der Waals surface area contributed by atoms with Crippen LogP contribution in [0.1, 0.15) is 26.3 Å². The van der Waals surface area contributed by atoms with Gasteiger partial charge in [-0.1, -0.05) is 20.8 Å². The summed E-state index contributed by atoms with van der Waals surface area (Å²) in [5.74, 6) is 1.78. The highest BCUT2D eigenvalue weighted by Gasteiger charge is 2.11. The van der Waals surface area contributed by atoms with Crippen molar-refractivity contribution in [2.24, 2.45) is 5.41 Å². The summed E-state index contributed by atoms with van der Waals surface area (Å²) in [5.41, 5.74) is 1.31. The molecule has 4 heteroatoms. The Hall–Kier alpha value is -1.32. The van der Waals surface area contributed by atoms with Crippen LogP contribution in [0.5, 0.6) is 0 Å². The standard InChI is InChI=1S/C11H20N4/c1-8-9(12-5)14-7-15-10(8)13-6-11(2,3)4/h7H,6H2,1-5H3,(H2,12,13,14,15). The van der Waals surface area contributed by atoms with Crippen LogP contribution < -0.4 is 10.6 Å². The average Bonchev–Trinajstić information content (AvgIpc) is 2.15. The molecule has 0 aliphatic rings. The molecule has 0 radical (unpaired) electrons. The van der Waals surface area contributed by atoms with Gasteiger partial charge in [-0.3, -0.25) is 0 Å². The second-order valence-electron chi connectivity index (χ2n) is 4.86. The molecule has 0 atom stereocenters. The highest BCUT2D eigenvalue weighted by Crippen LogP contribution is 2.20. The Bertz CT molecular complexity index is 328. The lowest BCUT2D eigenvalue weighted by Crippen LogP contribution is -2.20. The summed E-state index contributed by atoms with van der Waals surface area (Å²) in [4.78, 5) is 8.37. The van der Waals surface area contributed by atoms with E-state index in [9.17, 15) is 0 Å². The van der Waals surface area contributed by atoms with Gasteiger partial charge in [-0.25, -0.2) is 9.97 Å². The zero-order chi connectivity index (χ0) is 11.5. The smallest absolute Gasteiger partial charge is 0.134 e. The fourth-order valence-electron chi connectivity index (χ4n) is 1.23. The van der Waals surface area contributed by atoms with Crippen LogP contribution in [-0.2, 0) is 0 Å². The second kappa shape index (κ2) is 4.47. The van der Waals surface area contributed by atoms with E-state index in [1.165, 1.54) is 0 Å². The lowest BCUT2D eigenvalue weighted by molar-refractivity contribution is 0.442. The molecule has 15 heavy (non-hydrogen) atoms. The molecular formula is C11H20N4. The zero-order valence-electron chi connectivity index (χ0n) is 10.2. The van der Waals surface area contributed by atoms with Crippen molar-refractivity contribution < 1.29 is 0 Å². The highest BCUT2D eigenvalue weighted by molar-refractivity contribution is 5.56. The summed E-state index contributed by atoms with van der Waals surface area (Å²) >= 11 is 0. The molecule has 0 aromatic carbocycles. The van der Waals surface area contributed by atoms with Crippen molar-refractivity contribution in [2.75, 3.05) is 24.2 Å². The number of hydrogen-bond acceptors (Lipinski definition) is 4. The van der Waals surface area contributed by atoms with E-state index in [0.717, 1.165) is 23.7 Å². The van der Waals surface area contributed by atoms with Crippen LogP contribution in [0.2, 0.25) is 0 Å². The van der Waals surface area contributed by atoms with Gasteiger partial charge in [-0.05, 0) is 12.3 Å². The van der Waals surface area contributed by atoms with Crippen LogP contribution in [-0.4, -0.2) is 23.6 Å². The molecule has 0 spiro atoms. The van der Waals surface area contributed by atoms with Crippen molar-refractivity contribution in [3.05, 3.63) is 11.9 Å². The summed E-state index contributed by atoms with van der Waals surface area (Å²) in [6.07, 6.45) is 1.57. The zero-order valence-corrected chi connectivity index (χ0v) is 10.2. The number of nitrogens with zero attached hydrogens (tertiary/aromatic N) is 2. The number of nitrogens with one attached hydrogen (secondary N) is 2. The molecule has 0 saturated carbocycles. The molecular weight excluding hydrogens is 188 g/mol. The van der Waals surface area contributed by atoms with E-state index in [1.807, 2.05) is 14.0 Å². The third kappa shape index (κ3) is 3.38. The first-order valence-corrected chi connectivity index (χ1v) is 5.17. The van der Waals surface area contributed by atoms with E-state index in [4.69, 9.17) is 0 Å². The normalized spacial score (nSPS) is 11.3. The predicted molar refractivity (Wildman–Crippen MR) is 64.3 cm³/mol. The van der Waals surface area contributed by atoms with Crippen molar-refractivity contribution in [1.29, 1.82) is 0 Å². The Morgan fingerprint density at radius 3 is 2.33 bits per heavy atom. The van der Waals surface area contributed by atoms with Gasteiger partial charge < -0.3 is 10.6 Å². The second-order valence-corrected chi connectivity index (χ2v) is 4.86. The predicted octanol–water partition coefficient (Wildman–Crippen LogP) is 2.28. The summed E-state index contributed by atoms with van der Waals surface area (Å²) in [5, 5.41) is 6.38. The van der Waals surface area contributed by atoms with Crippen molar-refractivity contribution in [3.63, 3.8) is 0 Å². The van der Waals surface area contributed by atoms with Crippen LogP contribution in [0.4, 0.5) is 11.6 Å². The van der Waals surface area contributed by atoms with Gasteiger partial charge in [0.15, 0.2) is 0 Å². The van der Waals surface area contributed by atoms with Crippen molar-refractivity contribution >= 4 is 11.6 Å². The molecule has 0 amide bonds. The minimum Gasteiger partial charge on any atom is -0.373 e. The van der Waals surface area contributed by atoms with Gasteiger partial charge in [0, 0.05) is 19.2 Å². The largest absolute Gasteiger partial charge is 0.373 e. The Morgan fingerprint density at radius 2 is 1.80 bits per heavy atom. The first kappa shape index (κ1) is 11.8. The molecule has 4 nitrogen and oxygen atoms in total. The van der Waals surface area contributed by atoms with Crippen molar-refractivity contribution in [1.82, 2.24) is 9.97 Å². The molecule has 0 aliphatic heterocycles. The lowest BCUT2D eigenvalue weighted by Gasteiger charge is -2.20.